The Morgan fingerprint density at radius 1 is 0.833 bits per heavy atom. The molecule has 2 nitrogen and oxygen atoms in total. The van der Waals surface area contributed by atoms with Crippen LogP contribution in [0.4, 0.5) is 0 Å². The molecule has 5 atom stereocenters. The monoisotopic (exact) mass is 480 g/mol. The van der Waals surface area contributed by atoms with E-state index in [1.807, 2.05) is 0 Å². The van der Waals surface area contributed by atoms with Crippen LogP contribution in [0.3, 0.4) is 0 Å². The predicted molar refractivity (Wildman–Crippen MR) is 148 cm³/mol. The molecule has 36 heavy (non-hydrogen) atoms. The van der Waals surface area contributed by atoms with Crippen molar-refractivity contribution >= 4 is 0 Å². The van der Waals surface area contributed by atoms with Gasteiger partial charge < -0.3 is 9.47 Å². The molecule has 0 radical (unpaired) electrons. The summed E-state index contributed by atoms with van der Waals surface area (Å²) in [4.78, 5) is 0. The average molecular weight is 481 g/mol. The van der Waals surface area contributed by atoms with Gasteiger partial charge in [0.15, 0.2) is 6.29 Å². The van der Waals surface area contributed by atoms with Crippen LogP contribution in [0.25, 0.3) is 0 Å². The smallest absolute Gasteiger partial charge is 0.200 e. The molecule has 3 aromatic carbocycles. The lowest BCUT2D eigenvalue weighted by Crippen LogP contribution is -2.33. The lowest BCUT2D eigenvalue weighted by Gasteiger charge is -2.35. The van der Waals surface area contributed by atoms with Gasteiger partial charge in [0, 0.05) is 12.3 Å². The molecule has 2 heteroatoms. The minimum Gasteiger partial charge on any atom is -0.465 e. The summed E-state index contributed by atoms with van der Waals surface area (Å²) in [6.07, 6.45) is 9.12. The summed E-state index contributed by atoms with van der Waals surface area (Å²) in [7, 11) is 0. The molecule has 5 unspecified atom stereocenters. The molecule has 0 aromatic heterocycles. The van der Waals surface area contributed by atoms with Crippen molar-refractivity contribution in [2.45, 2.75) is 64.6 Å². The van der Waals surface area contributed by atoms with Gasteiger partial charge in [-0.05, 0) is 71.3 Å². The van der Waals surface area contributed by atoms with Crippen LogP contribution in [0.5, 0.6) is 5.75 Å². The number of fused-ring (bicyclic) bond motifs is 2. The molecule has 188 valence electrons. The zero-order chi connectivity index (χ0) is 25.0. The zero-order valence-corrected chi connectivity index (χ0v) is 22.0. The van der Waals surface area contributed by atoms with Crippen molar-refractivity contribution < 1.29 is 9.47 Å². The molecule has 0 aliphatic heterocycles. The Morgan fingerprint density at radius 2 is 1.47 bits per heavy atom. The van der Waals surface area contributed by atoms with Gasteiger partial charge in [0.05, 0.1) is 6.61 Å². The summed E-state index contributed by atoms with van der Waals surface area (Å²) in [6, 6.07) is 30.1. The quantitative estimate of drug-likeness (QED) is 0.202. The predicted octanol–water partition coefficient (Wildman–Crippen LogP) is 8.75. The minimum atomic E-state index is -0.285. The number of benzene rings is 3. The number of hydrogen-bond donors (Lipinski definition) is 0. The van der Waals surface area contributed by atoms with Crippen LogP contribution in [-0.2, 0) is 4.74 Å². The number of hydrogen-bond acceptors (Lipinski definition) is 2. The first-order chi connectivity index (χ1) is 17.5. The van der Waals surface area contributed by atoms with Gasteiger partial charge in [-0.15, -0.1) is 0 Å². The molecular formula is C34H40O2. The van der Waals surface area contributed by atoms with Crippen LogP contribution in [0.15, 0.2) is 97.1 Å². The standard InChI is InChI=1S/C34H40O2/c1-4-25(2)27-16-19-31(20-17-27)36-33(23-34(3)22-26-15-18-30(34)21-26)35-24-32(28-11-7-5-8-12-28)29-13-9-6-10-14-29/h5-20,25-26,30,32-33H,4,21-24H2,1-3H3. The second-order valence-electron chi connectivity index (χ2n) is 11.2. The van der Waals surface area contributed by atoms with Gasteiger partial charge in [0.25, 0.3) is 0 Å². The van der Waals surface area contributed by atoms with Crippen LogP contribution in [0.1, 0.15) is 75.0 Å². The molecule has 1 fully saturated rings. The first-order valence-electron chi connectivity index (χ1n) is 13.7. The van der Waals surface area contributed by atoms with E-state index in [9.17, 15) is 0 Å². The summed E-state index contributed by atoms with van der Waals surface area (Å²) >= 11 is 0. The second-order valence-corrected chi connectivity index (χ2v) is 11.2. The van der Waals surface area contributed by atoms with Gasteiger partial charge in [-0.3, -0.25) is 0 Å². The van der Waals surface area contributed by atoms with E-state index in [1.165, 1.54) is 29.5 Å². The van der Waals surface area contributed by atoms with E-state index >= 15 is 0 Å². The van der Waals surface area contributed by atoms with Crippen LogP contribution >= 0.6 is 0 Å². The Hall–Kier alpha value is -2.84. The molecule has 2 aliphatic carbocycles. The van der Waals surface area contributed by atoms with Crippen molar-refractivity contribution in [2.24, 2.45) is 17.3 Å². The zero-order valence-electron chi connectivity index (χ0n) is 22.0. The molecule has 1 saturated carbocycles. The van der Waals surface area contributed by atoms with Crippen molar-refractivity contribution in [3.63, 3.8) is 0 Å². The first kappa shape index (κ1) is 24.8. The third-order valence-corrected chi connectivity index (χ3v) is 8.61. The molecule has 3 aromatic rings. The molecule has 2 aliphatic rings. The fourth-order valence-electron chi connectivity index (χ4n) is 6.16. The summed E-state index contributed by atoms with van der Waals surface area (Å²) < 4.78 is 13.3. The van der Waals surface area contributed by atoms with E-state index in [0.29, 0.717) is 18.4 Å². The van der Waals surface area contributed by atoms with E-state index in [4.69, 9.17) is 9.47 Å². The molecule has 5 rings (SSSR count). The van der Waals surface area contributed by atoms with Gasteiger partial charge in [-0.2, -0.15) is 0 Å². The highest BCUT2D eigenvalue weighted by Crippen LogP contribution is 2.54. The highest BCUT2D eigenvalue weighted by atomic mass is 16.7. The van der Waals surface area contributed by atoms with Gasteiger partial charge >= 0.3 is 0 Å². The van der Waals surface area contributed by atoms with Gasteiger partial charge in [-0.25, -0.2) is 0 Å². The Labute approximate surface area is 217 Å². The van der Waals surface area contributed by atoms with Crippen molar-refractivity contribution in [3.05, 3.63) is 114 Å². The summed E-state index contributed by atoms with van der Waals surface area (Å²) in [5, 5.41) is 0. The topological polar surface area (TPSA) is 18.5 Å². The van der Waals surface area contributed by atoms with E-state index in [2.05, 4.69) is 118 Å². The molecule has 0 N–H and O–H groups in total. The molecule has 0 saturated heterocycles. The Morgan fingerprint density at radius 3 is 2.00 bits per heavy atom. The molecule has 0 amide bonds. The SMILES string of the molecule is CCC(C)c1ccc(OC(CC2(C)CC3C=CC2C3)OCC(c2ccccc2)c2ccccc2)cc1. The lowest BCUT2D eigenvalue weighted by molar-refractivity contribution is -0.108. The molecule has 0 heterocycles. The van der Waals surface area contributed by atoms with E-state index in [0.717, 1.165) is 24.5 Å². The molecule has 2 bridgehead atoms. The normalized spacial score (nSPS) is 24.2. The highest BCUT2D eigenvalue weighted by molar-refractivity contribution is 5.33. The second kappa shape index (κ2) is 11.0. The van der Waals surface area contributed by atoms with Crippen molar-refractivity contribution in [1.82, 2.24) is 0 Å². The van der Waals surface area contributed by atoms with E-state index in [1.54, 1.807) is 0 Å². The van der Waals surface area contributed by atoms with Crippen LogP contribution < -0.4 is 4.74 Å². The molecular weight excluding hydrogens is 440 g/mol. The fourth-order valence-corrected chi connectivity index (χ4v) is 6.16. The Bertz CT molecular complexity index is 1080. The summed E-state index contributed by atoms with van der Waals surface area (Å²) in [6.45, 7) is 7.53. The number of ether oxygens (including phenoxy) is 2. The third kappa shape index (κ3) is 5.60. The third-order valence-electron chi connectivity index (χ3n) is 8.61. The van der Waals surface area contributed by atoms with Crippen molar-refractivity contribution in [3.8, 4) is 5.75 Å². The van der Waals surface area contributed by atoms with Crippen LogP contribution in [0, 0.1) is 17.3 Å². The maximum Gasteiger partial charge on any atom is 0.200 e. The van der Waals surface area contributed by atoms with Crippen molar-refractivity contribution in [1.29, 1.82) is 0 Å². The number of allylic oxidation sites excluding steroid dienone is 2. The number of rotatable bonds is 11. The fraction of sp³-hybridized carbons (Fsp3) is 0.412. The Kier molecular flexibility index (Phi) is 7.62. The maximum atomic E-state index is 6.70. The largest absolute Gasteiger partial charge is 0.465 e. The molecule has 0 spiro atoms. The van der Waals surface area contributed by atoms with E-state index in [-0.39, 0.29) is 17.6 Å². The van der Waals surface area contributed by atoms with Gasteiger partial charge in [0.2, 0.25) is 0 Å². The minimum absolute atomic E-state index is 0.166. The van der Waals surface area contributed by atoms with Gasteiger partial charge in [-0.1, -0.05) is 106 Å². The highest BCUT2D eigenvalue weighted by Gasteiger charge is 2.46. The summed E-state index contributed by atoms with van der Waals surface area (Å²) in [5.41, 5.74) is 4.13. The summed E-state index contributed by atoms with van der Waals surface area (Å²) in [5.74, 6) is 2.97. The van der Waals surface area contributed by atoms with Gasteiger partial charge in [0.1, 0.15) is 5.75 Å². The lowest BCUT2D eigenvalue weighted by atomic mass is 9.75. The first-order valence-corrected chi connectivity index (χ1v) is 13.7. The maximum absolute atomic E-state index is 6.70. The van der Waals surface area contributed by atoms with Crippen LogP contribution in [-0.4, -0.2) is 12.9 Å². The van der Waals surface area contributed by atoms with Crippen LogP contribution in [0.2, 0.25) is 0 Å². The average Bonchev–Trinajstić information content (AvgIpc) is 3.51. The van der Waals surface area contributed by atoms with E-state index < -0.39 is 0 Å². The van der Waals surface area contributed by atoms with Crippen molar-refractivity contribution in [2.75, 3.05) is 6.61 Å². The Balaban J connectivity index is 1.36.